The number of hydrogen-bond donors (Lipinski definition) is 0. The van der Waals surface area contributed by atoms with Crippen LogP contribution in [0.2, 0.25) is 0 Å². The fourth-order valence-electron chi connectivity index (χ4n) is 8.99. The van der Waals surface area contributed by atoms with E-state index in [1.165, 1.54) is 86.2 Å². The highest BCUT2D eigenvalue weighted by Gasteiger charge is 2.35. The lowest BCUT2D eigenvalue weighted by molar-refractivity contribution is 0.660. The molecule has 1 heterocycles. The van der Waals surface area contributed by atoms with Crippen LogP contribution in [0.4, 0.5) is 17.1 Å². The van der Waals surface area contributed by atoms with Crippen molar-refractivity contribution in [3.05, 3.63) is 199 Å². The van der Waals surface area contributed by atoms with Crippen LogP contribution in [0.25, 0.3) is 75.1 Å². The van der Waals surface area contributed by atoms with Crippen LogP contribution in [-0.4, -0.2) is 0 Å². The van der Waals surface area contributed by atoms with Crippen molar-refractivity contribution in [2.45, 2.75) is 19.3 Å². The van der Waals surface area contributed by atoms with Crippen molar-refractivity contribution in [2.75, 3.05) is 4.90 Å². The topological polar surface area (TPSA) is 3.24 Å². The summed E-state index contributed by atoms with van der Waals surface area (Å²) in [6, 6.07) is 69.7. The Morgan fingerprint density at radius 3 is 1.84 bits per heavy atom. The number of rotatable bonds is 5. The monoisotopic (exact) mass is 719 g/mol. The van der Waals surface area contributed by atoms with Gasteiger partial charge in [0, 0.05) is 42.6 Å². The number of thiophene rings is 1. The molecule has 0 fully saturated rings. The van der Waals surface area contributed by atoms with Crippen LogP contribution in [0, 0.1) is 0 Å². The maximum absolute atomic E-state index is 2.42. The van der Waals surface area contributed by atoms with Crippen LogP contribution in [0.3, 0.4) is 0 Å². The van der Waals surface area contributed by atoms with Crippen LogP contribution in [0.15, 0.2) is 188 Å². The predicted octanol–water partition coefficient (Wildman–Crippen LogP) is 15.5. The first kappa shape index (κ1) is 32.0. The number of hydrogen-bond acceptors (Lipinski definition) is 2. The smallest absolute Gasteiger partial charge is 0.0465 e. The molecule has 0 saturated carbocycles. The second-order valence-corrected chi connectivity index (χ2v) is 16.4. The standard InChI is InChI=1S/C53H37NS/c1-53(2)49-16-7-5-13-44(49)45-29-28-42(32-50(45)53)54(40-24-20-35(21-25-40)38-19-18-34-10-3-4-11-37(34)30-38)41-26-22-36(23-27-41)43-15-9-12-39-31-52-48(33-47(39)43)46-14-6-8-17-51(46)55-52/h3-33H,1-2H3. The largest absolute Gasteiger partial charge is 0.310 e. The van der Waals surface area contributed by atoms with Crippen LogP contribution in [-0.2, 0) is 5.41 Å². The third kappa shape index (κ3) is 5.13. The quantitative estimate of drug-likeness (QED) is 0.171. The van der Waals surface area contributed by atoms with Crippen molar-refractivity contribution in [1.82, 2.24) is 0 Å². The molecule has 1 nitrogen and oxygen atoms in total. The molecule has 0 aliphatic heterocycles. The van der Waals surface area contributed by atoms with Crippen molar-refractivity contribution in [1.29, 1.82) is 0 Å². The first-order chi connectivity index (χ1) is 27.0. The highest BCUT2D eigenvalue weighted by molar-refractivity contribution is 7.25. The Bertz CT molecular complexity index is 3110. The van der Waals surface area contributed by atoms with Gasteiger partial charge in [-0.2, -0.15) is 0 Å². The van der Waals surface area contributed by atoms with Gasteiger partial charge in [-0.1, -0.05) is 141 Å². The summed E-state index contributed by atoms with van der Waals surface area (Å²) in [6.07, 6.45) is 0. The van der Waals surface area contributed by atoms with Gasteiger partial charge in [0.1, 0.15) is 0 Å². The molecule has 10 aromatic rings. The molecule has 0 atom stereocenters. The number of anilines is 3. The Kier molecular flexibility index (Phi) is 7.14. The predicted molar refractivity (Wildman–Crippen MR) is 237 cm³/mol. The van der Waals surface area contributed by atoms with Crippen LogP contribution in [0.5, 0.6) is 0 Å². The normalized spacial score (nSPS) is 13.1. The van der Waals surface area contributed by atoms with Gasteiger partial charge in [-0.05, 0) is 127 Å². The molecule has 0 saturated heterocycles. The minimum absolute atomic E-state index is 0.0923. The van der Waals surface area contributed by atoms with E-state index in [4.69, 9.17) is 0 Å². The molecule has 260 valence electrons. The number of benzene rings is 9. The average molecular weight is 720 g/mol. The minimum Gasteiger partial charge on any atom is -0.310 e. The molecule has 0 radical (unpaired) electrons. The van der Waals surface area contributed by atoms with Crippen LogP contribution < -0.4 is 4.90 Å². The van der Waals surface area contributed by atoms with Gasteiger partial charge < -0.3 is 4.90 Å². The Hall–Kier alpha value is -6.48. The van der Waals surface area contributed by atoms with Gasteiger partial charge in [0.25, 0.3) is 0 Å². The average Bonchev–Trinajstić information content (AvgIpc) is 3.71. The maximum Gasteiger partial charge on any atom is 0.0465 e. The molecular weight excluding hydrogens is 683 g/mol. The van der Waals surface area contributed by atoms with E-state index in [0.29, 0.717) is 0 Å². The number of fused-ring (bicyclic) bond motifs is 8. The molecule has 9 aromatic carbocycles. The van der Waals surface area contributed by atoms with Gasteiger partial charge in [0.05, 0.1) is 0 Å². The highest BCUT2D eigenvalue weighted by Crippen LogP contribution is 2.51. The van der Waals surface area contributed by atoms with Crippen LogP contribution in [0.1, 0.15) is 25.0 Å². The molecule has 1 aliphatic rings. The highest BCUT2D eigenvalue weighted by atomic mass is 32.1. The Morgan fingerprint density at radius 1 is 0.364 bits per heavy atom. The van der Waals surface area contributed by atoms with Crippen molar-refractivity contribution >= 4 is 70.1 Å². The molecule has 1 aromatic heterocycles. The van der Waals surface area contributed by atoms with E-state index in [-0.39, 0.29) is 5.41 Å². The molecule has 11 rings (SSSR count). The molecule has 55 heavy (non-hydrogen) atoms. The van der Waals surface area contributed by atoms with Gasteiger partial charge in [-0.3, -0.25) is 0 Å². The van der Waals surface area contributed by atoms with Crippen molar-refractivity contribution in [3.63, 3.8) is 0 Å². The maximum atomic E-state index is 2.42. The second-order valence-electron chi connectivity index (χ2n) is 15.4. The molecule has 2 heteroatoms. The zero-order valence-electron chi connectivity index (χ0n) is 30.8. The van der Waals surface area contributed by atoms with Gasteiger partial charge in [-0.25, -0.2) is 0 Å². The summed E-state index contributed by atoms with van der Waals surface area (Å²) in [4.78, 5) is 2.41. The van der Waals surface area contributed by atoms with E-state index in [1.54, 1.807) is 0 Å². The van der Waals surface area contributed by atoms with Gasteiger partial charge in [0.2, 0.25) is 0 Å². The Morgan fingerprint density at radius 2 is 1.00 bits per heavy atom. The number of nitrogens with zero attached hydrogens (tertiary/aromatic N) is 1. The molecule has 0 spiro atoms. The van der Waals surface area contributed by atoms with Crippen LogP contribution >= 0.6 is 11.3 Å². The fraction of sp³-hybridized carbons (Fsp3) is 0.0566. The second kappa shape index (κ2) is 12.3. The molecule has 0 amide bonds. The molecule has 0 N–H and O–H groups in total. The Balaban J connectivity index is 1.02. The lowest BCUT2D eigenvalue weighted by Crippen LogP contribution is -2.16. The first-order valence-electron chi connectivity index (χ1n) is 19.1. The lowest BCUT2D eigenvalue weighted by atomic mass is 9.82. The van der Waals surface area contributed by atoms with E-state index < -0.39 is 0 Å². The van der Waals surface area contributed by atoms with E-state index in [2.05, 4.69) is 207 Å². The zero-order valence-corrected chi connectivity index (χ0v) is 31.6. The van der Waals surface area contributed by atoms with E-state index in [0.717, 1.165) is 17.1 Å². The van der Waals surface area contributed by atoms with Crippen molar-refractivity contribution < 1.29 is 0 Å². The summed E-state index contributed by atoms with van der Waals surface area (Å²) in [6.45, 7) is 4.71. The lowest BCUT2D eigenvalue weighted by Gasteiger charge is -2.28. The molecule has 0 bridgehead atoms. The van der Waals surface area contributed by atoms with Gasteiger partial charge >= 0.3 is 0 Å². The zero-order chi connectivity index (χ0) is 36.7. The van der Waals surface area contributed by atoms with Crippen molar-refractivity contribution in [2.24, 2.45) is 0 Å². The van der Waals surface area contributed by atoms with Gasteiger partial charge in [-0.15, -0.1) is 11.3 Å². The van der Waals surface area contributed by atoms with Crippen molar-refractivity contribution in [3.8, 4) is 33.4 Å². The summed E-state index contributed by atoms with van der Waals surface area (Å²) < 4.78 is 2.67. The summed E-state index contributed by atoms with van der Waals surface area (Å²) >= 11 is 1.88. The fourth-order valence-corrected chi connectivity index (χ4v) is 10.1. The van der Waals surface area contributed by atoms with E-state index >= 15 is 0 Å². The molecular formula is C53H37NS. The third-order valence-electron chi connectivity index (χ3n) is 11.8. The molecule has 0 unspecified atom stereocenters. The summed E-state index contributed by atoms with van der Waals surface area (Å²) in [7, 11) is 0. The SMILES string of the molecule is CC1(C)c2ccccc2-c2ccc(N(c3ccc(-c4ccc5ccccc5c4)cc3)c3ccc(-c4cccc5cc6sc7ccccc7c6cc45)cc3)cc21. The van der Waals surface area contributed by atoms with Gasteiger partial charge in [0.15, 0.2) is 0 Å². The molecule has 1 aliphatic carbocycles. The summed E-state index contributed by atoms with van der Waals surface area (Å²) in [5.74, 6) is 0. The summed E-state index contributed by atoms with van der Waals surface area (Å²) in [5, 5.41) is 7.74. The third-order valence-corrected chi connectivity index (χ3v) is 13.0. The first-order valence-corrected chi connectivity index (χ1v) is 19.9. The Labute approximate surface area is 325 Å². The minimum atomic E-state index is -0.0923. The van der Waals surface area contributed by atoms with E-state index in [1.807, 2.05) is 11.3 Å². The summed E-state index contributed by atoms with van der Waals surface area (Å²) in [5.41, 5.74) is 13.6. The van der Waals surface area contributed by atoms with E-state index in [9.17, 15) is 0 Å².